The van der Waals surface area contributed by atoms with Crippen molar-refractivity contribution in [3.63, 3.8) is 0 Å². The molecule has 1 N–H and O–H groups in total. The van der Waals surface area contributed by atoms with Gasteiger partial charge in [0.25, 0.3) is 5.56 Å². The third-order valence-corrected chi connectivity index (χ3v) is 5.53. The van der Waals surface area contributed by atoms with E-state index in [0.717, 1.165) is 12.1 Å². The first kappa shape index (κ1) is 21.1. The summed E-state index contributed by atoms with van der Waals surface area (Å²) in [5, 5.41) is 8.87. The van der Waals surface area contributed by atoms with E-state index in [2.05, 4.69) is 4.98 Å². The average molecular weight is 425 g/mol. The van der Waals surface area contributed by atoms with E-state index in [1.165, 1.54) is 14.7 Å². The molecule has 0 fully saturated rings. The van der Waals surface area contributed by atoms with Crippen molar-refractivity contribution in [1.29, 1.82) is 0 Å². The number of imidazole rings is 2. The molecular weight excluding hydrogens is 398 g/mol. The van der Waals surface area contributed by atoms with Crippen LogP contribution in [0.2, 0.25) is 0 Å². The predicted molar refractivity (Wildman–Crippen MR) is 118 cm³/mol. The number of fused-ring (bicyclic) bond motifs is 3. The van der Waals surface area contributed by atoms with Crippen molar-refractivity contribution in [2.45, 2.75) is 32.9 Å². The molecule has 3 heterocycles. The summed E-state index contributed by atoms with van der Waals surface area (Å²) in [6.45, 7) is 3.47. The Morgan fingerprint density at radius 2 is 1.84 bits per heavy atom. The van der Waals surface area contributed by atoms with Crippen LogP contribution in [0.25, 0.3) is 16.9 Å². The second-order valence-electron chi connectivity index (χ2n) is 7.60. The van der Waals surface area contributed by atoms with Crippen molar-refractivity contribution < 1.29 is 9.84 Å². The van der Waals surface area contributed by atoms with Crippen LogP contribution in [0, 0.1) is 6.92 Å². The van der Waals surface area contributed by atoms with Gasteiger partial charge in [0.2, 0.25) is 5.78 Å². The van der Waals surface area contributed by atoms with Gasteiger partial charge in [0.15, 0.2) is 11.2 Å². The molecule has 0 aliphatic carbocycles. The van der Waals surface area contributed by atoms with Gasteiger partial charge in [-0.3, -0.25) is 18.3 Å². The molecule has 31 heavy (non-hydrogen) atoms. The van der Waals surface area contributed by atoms with Gasteiger partial charge in [0, 0.05) is 32.0 Å². The Bertz CT molecular complexity index is 1310. The highest BCUT2D eigenvalue weighted by Gasteiger charge is 2.20. The molecule has 4 rings (SSSR count). The maximum absolute atomic E-state index is 13.3. The summed E-state index contributed by atoms with van der Waals surface area (Å²) in [6, 6.07) is 10.0. The maximum Gasteiger partial charge on any atom is 0.332 e. The van der Waals surface area contributed by atoms with Crippen molar-refractivity contribution in [2.24, 2.45) is 7.05 Å². The van der Waals surface area contributed by atoms with E-state index in [-0.39, 0.29) is 24.5 Å². The van der Waals surface area contributed by atoms with Gasteiger partial charge in [-0.05, 0) is 25.3 Å². The molecule has 164 valence electrons. The molecule has 0 atom stereocenters. The molecule has 0 saturated carbocycles. The van der Waals surface area contributed by atoms with Gasteiger partial charge in [-0.1, -0.05) is 30.3 Å². The second-order valence-corrected chi connectivity index (χ2v) is 7.60. The van der Waals surface area contributed by atoms with E-state index in [9.17, 15) is 9.59 Å². The number of aromatic nitrogens is 5. The molecule has 4 aromatic rings. The van der Waals surface area contributed by atoms with Gasteiger partial charge >= 0.3 is 5.69 Å². The standard InChI is InChI=1S/C22H27N5O4/c1-16-15-27-18-19(23-21(27)25(16)11-13-31-14-12-28)24(2)22(30)26(20(18)29)10-6-9-17-7-4-3-5-8-17/h3-5,7-8,15,28H,6,9-14H2,1-2H3. The largest absolute Gasteiger partial charge is 0.394 e. The van der Waals surface area contributed by atoms with Crippen LogP contribution in [0.3, 0.4) is 0 Å². The Labute approximate surface area is 178 Å². The van der Waals surface area contributed by atoms with Gasteiger partial charge in [-0.2, -0.15) is 4.98 Å². The lowest BCUT2D eigenvalue weighted by molar-refractivity contribution is 0.0872. The van der Waals surface area contributed by atoms with Crippen LogP contribution in [0.1, 0.15) is 17.7 Å². The third-order valence-electron chi connectivity index (χ3n) is 5.53. The first-order valence-corrected chi connectivity index (χ1v) is 10.4. The Morgan fingerprint density at radius 1 is 1.06 bits per heavy atom. The number of aliphatic hydroxyl groups is 1. The van der Waals surface area contributed by atoms with Gasteiger partial charge in [-0.25, -0.2) is 4.79 Å². The summed E-state index contributed by atoms with van der Waals surface area (Å²) in [5.74, 6) is 0.592. The molecule has 0 saturated heterocycles. The van der Waals surface area contributed by atoms with E-state index in [1.54, 1.807) is 11.4 Å². The number of hydrogen-bond acceptors (Lipinski definition) is 5. The summed E-state index contributed by atoms with van der Waals surface area (Å²) in [7, 11) is 1.64. The number of rotatable bonds is 9. The quantitative estimate of drug-likeness (QED) is 0.405. The highest BCUT2D eigenvalue weighted by atomic mass is 16.5. The van der Waals surface area contributed by atoms with Crippen molar-refractivity contribution in [2.75, 3.05) is 19.8 Å². The molecule has 0 radical (unpaired) electrons. The SMILES string of the molecule is Cc1cn2c3c(=O)n(CCCc4ccccc4)c(=O)n(C)c3nc2n1CCOCCO. The number of aryl methyl sites for hydroxylation is 3. The lowest BCUT2D eigenvalue weighted by atomic mass is 10.1. The molecule has 0 bridgehead atoms. The average Bonchev–Trinajstić information content (AvgIpc) is 3.28. The van der Waals surface area contributed by atoms with Crippen LogP contribution >= 0.6 is 0 Å². The summed E-state index contributed by atoms with van der Waals surface area (Å²) in [4.78, 5) is 30.7. The molecule has 1 aromatic carbocycles. The first-order valence-electron chi connectivity index (χ1n) is 10.4. The molecule has 0 spiro atoms. The molecule has 9 heteroatoms. The number of benzene rings is 1. The lowest BCUT2D eigenvalue weighted by Gasteiger charge is -2.08. The van der Waals surface area contributed by atoms with Crippen LogP contribution in [0.15, 0.2) is 46.1 Å². The van der Waals surface area contributed by atoms with E-state index >= 15 is 0 Å². The monoisotopic (exact) mass is 425 g/mol. The number of hydrogen-bond donors (Lipinski definition) is 1. The van der Waals surface area contributed by atoms with Gasteiger partial charge in [0.05, 0.1) is 19.8 Å². The molecule has 0 aliphatic heterocycles. The number of nitrogens with zero attached hydrogens (tertiary/aromatic N) is 5. The fourth-order valence-electron chi connectivity index (χ4n) is 3.94. The minimum Gasteiger partial charge on any atom is -0.394 e. The number of aliphatic hydroxyl groups excluding tert-OH is 1. The normalized spacial score (nSPS) is 11.7. The zero-order chi connectivity index (χ0) is 22.0. The highest BCUT2D eigenvalue weighted by molar-refractivity contribution is 5.75. The lowest BCUT2D eigenvalue weighted by Crippen LogP contribution is -2.39. The highest BCUT2D eigenvalue weighted by Crippen LogP contribution is 2.16. The Morgan fingerprint density at radius 3 is 2.58 bits per heavy atom. The summed E-state index contributed by atoms with van der Waals surface area (Å²) in [5.41, 5.74) is 2.19. The van der Waals surface area contributed by atoms with E-state index in [4.69, 9.17) is 9.84 Å². The topological polar surface area (TPSA) is 95.7 Å². The Balaban J connectivity index is 1.70. The summed E-state index contributed by atoms with van der Waals surface area (Å²) < 4.78 is 11.8. The summed E-state index contributed by atoms with van der Waals surface area (Å²) >= 11 is 0. The first-order chi connectivity index (χ1) is 15.0. The molecule has 3 aromatic heterocycles. The van der Waals surface area contributed by atoms with Crippen LogP contribution in [-0.2, 0) is 31.3 Å². The van der Waals surface area contributed by atoms with Crippen molar-refractivity contribution >= 4 is 16.9 Å². The van der Waals surface area contributed by atoms with Crippen LogP contribution in [-0.4, -0.2) is 48.0 Å². The molecule has 0 aliphatic rings. The van der Waals surface area contributed by atoms with Crippen molar-refractivity contribution in [1.82, 2.24) is 23.1 Å². The van der Waals surface area contributed by atoms with Gasteiger partial charge < -0.3 is 14.4 Å². The maximum atomic E-state index is 13.3. The van der Waals surface area contributed by atoms with Crippen LogP contribution in [0.4, 0.5) is 0 Å². The minimum atomic E-state index is -0.360. The summed E-state index contributed by atoms with van der Waals surface area (Å²) in [6.07, 6.45) is 3.34. The Kier molecular flexibility index (Phi) is 6.06. The van der Waals surface area contributed by atoms with Crippen LogP contribution < -0.4 is 11.2 Å². The number of ether oxygens (including phenoxy) is 1. The Hall–Kier alpha value is -3.17. The minimum absolute atomic E-state index is 0.0285. The predicted octanol–water partition coefficient (Wildman–Crippen LogP) is 1.10. The smallest absolute Gasteiger partial charge is 0.332 e. The van der Waals surface area contributed by atoms with Gasteiger partial charge in [0.1, 0.15) is 0 Å². The molecular formula is C22H27N5O4. The fraction of sp³-hybridized carbons (Fsp3) is 0.409. The molecule has 0 amide bonds. The van der Waals surface area contributed by atoms with E-state index < -0.39 is 0 Å². The van der Waals surface area contributed by atoms with Crippen LogP contribution in [0.5, 0.6) is 0 Å². The van der Waals surface area contributed by atoms with E-state index in [0.29, 0.717) is 43.1 Å². The van der Waals surface area contributed by atoms with Crippen molar-refractivity contribution in [3.05, 3.63) is 68.6 Å². The van der Waals surface area contributed by atoms with E-state index in [1.807, 2.05) is 48.0 Å². The van der Waals surface area contributed by atoms with Gasteiger partial charge in [-0.15, -0.1) is 0 Å². The zero-order valence-corrected chi connectivity index (χ0v) is 17.8. The molecule has 0 unspecified atom stereocenters. The second kappa shape index (κ2) is 8.91. The third kappa shape index (κ3) is 3.94. The fourth-order valence-corrected chi connectivity index (χ4v) is 3.94. The zero-order valence-electron chi connectivity index (χ0n) is 17.8. The van der Waals surface area contributed by atoms with Crippen molar-refractivity contribution in [3.8, 4) is 0 Å². The molecule has 9 nitrogen and oxygen atoms in total.